The lowest BCUT2D eigenvalue weighted by atomic mass is 10.0. The zero-order chi connectivity index (χ0) is 18.7. The van der Waals surface area contributed by atoms with Gasteiger partial charge in [-0.15, -0.1) is 0 Å². The van der Waals surface area contributed by atoms with Crippen molar-refractivity contribution in [2.24, 2.45) is 0 Å². The zero-order valence-electron chi connectivity index (χ0n) is 15.2. The maximum absolute atomic E-state index is 12.8. The highest BCUT2D eigenvalue weighted by atomic mass is 32.1. The first-order valence-corrected chi connectivity index (χ1v) is 9.10. The summed E-state index contributed by atoms with van der Waals surface area (Å²) in [5.41, 5.74) is 3.42. The highest BCUT2D eigenvalue weighted by Crippen LogP contribution is 2.25. The highest BCUT2D eigenvalue weighted by molar-refractivity contribution is 7.80. The van der Waals surface area contributed by atoms with Gasteiger partial charge >= 0.3 is 0 Å². The first kappa shape index (κ1) is 18.1. The van der Waals surface area contributed by atoms with Gasteiger partial charge in [0, 0.05) is 0 Å². The standard InChI is InChI=1S/C21H22N2O2S/c1-4-25-18-11-9-17(10-12-18)23-20(24)19(22-21(23)26)13-15-5-7-16(8-6-15)14(2)3/h5-14H,4H2,1-3H3,(H,22,26). The van der Waals surface area contributed by atoms with Crippen LogP contribution in [0.15, 0.2) is 54.2 Å². The smallest absolute Gasteiger partial charge is 0.281 e. The van der Waals surface area contributed by atoms with Crippen molar-refractivity contribution in [3.8, 4) is 5.75 Å². The molecule has 2 aromatic rings. The quantitative estimate of drug-likeness (QED) is 0.626. The Labute approximate surface area is 159 Å². The Morgan fingerprint density at radius 1 is 1.12 bits per heavy atom. The Morgan fingerprint density at radius 3 is 2.35 bits per heavy atom. The molecule has 0 saturated carbocycles. The lowest BCUT2D eigenvalue weighted by Crippen LogP contribution is -2.30. The van der Waals surface area contributed by atoms with Crippen LogP contribution in [0.2, 0.25) is 0 Å². The van der Waals surface area contributed by atoms with Crippen LogP contribution in [0.25, 0.3) is 6.08 Å². The van der Waals surface area contributed by atoms with E-state index in [0.29, 0.717) is 23.3 Å². The van der Waals surface area contributed by atoms with Crippen molar-refractivity contribution in [2.45, 2.75) is 26.7 Å². The van der Waals surface area contributed by atoms with E-state index in [0.717, 1.165) is 17.0 Å². The molecule has 1 aliphatic rings. The number of benzene rings is 2. The monoisotopic (exact) mass is 366 g/mol. The number of hydrogen-bond donors (Lipinski definition) is 1. The van der Waals surface area contributed by atoms with Crippen LogP contribution in [-0.4, -0.2) is 17.6 Å². The molecule has 0 bridgehead atoms. The molecule has 1 fully saturated rings. The van der Waals surface area contributed by atoms with Crippen LogP contribution in [0.3, 0.4) is 0 Å². The summed E-state index contributed by atoms with van der Waals surface area (Å²) in [5, 5.41) is 3.39. The van der Waals surface area contributed by atoms with Gasteiger partial charge in [-0.25, -0.2) is 0 Å². The maximum Gasteiger partial charge on any atom is 0.281 e. The van der Waals surface area contributed by atoms with Crippen LogP contribution in [0.4, 0.5) is 5.69 Å². The lowest BCUT2D eigenvalue weighted by Gasteiger charge is -2.14. The van der Waals surface area contributed by atoms with Gasteiger partial charge in [0.15, 0.2) is 5.11 Å². The van der Waals surface area contributed by atoms with E-state index in [2.05, 4.69) is 31.3 Å². The van der Waals surface area contributed by atoms with Crippen molar-refractivity contribution < 1.29 is 9.53 Å². The summed E-state index contributed by atoms with van der Waals surface area (Å²) in [6, 6.07) is 15.5. The third-order valence-electron chi connectivity index (χ3n) is 4.20. The van der Waals surface area contributed by atoms with E-state index in [-0.39, 0.29) is 5.91 Å². The highest BCUT2D eigenvalue weighted by Gasteiger charge is 2.31. The fraction of sp³-hybridized carbons (Fsp3) is 0.238. The number of ether oxygens (including phenoxy) is 1. The van der Waals surface area contributed by atoms with Gasteiger partial charge in [-0.05, 0) is 66.5 Å². The predicted molar refractivity (Wildman–Crippen MR) is 109 cm³/mol. The van der Waals surface area contributed by atoms with Crippen LogP contribution in [0.5, 0.6) is 5.75 Å². The first-order valence-electron chi connectivity index (χ1n) is 8.69. The third-order valence-corrected chi connectivity index (χ3v) is 4.48. The Balaban J connectivity index is 1.81. The Hall–Kier alpha value is -2.66. The van der Waals surface area contributed by atoms with Gasteiger partial charge in [0.1, 0.15) is 11.4 Å². The number of hydrogen-bond acceptors (Lipinski definition) is 3. The molecule has 0 aliphatic carbocycles. The molecule has 0 radical (unpaired) electrons. The fourth-order valence-electron chi connectivity index (χ4n) is 2.77. The van der Waals surface area contributed by atoms with E-state index >= 15 is 0 Å². The van der Waals surface area contributed by atoms with Crippen molar-refractivity contribution in [1.82, 2.24) is 5.32 Å². The van der Waals surface area contributed by atoms with Crippen molar-refractivity contribution in [3.63, 3.8) is 0 Å². The van der Waals surface area contributed by atoms with E-state index in [1.165, 1.54) is 10.5 Å². The molecule has 1 saturated heterocycles. The van der Waals surface area contributed by atoms with Crippen LogP contribution in [0, 0.1) is 0 Å². The summed E-state index contributed by atoms with van der Waals surface area (Å²) in [5.74, 6) is 1.08. The van der Waals surface area contributed by atoms with Gasteiger partial charge in [0.2, 0.25) is 0 Å². The van der Waals surface area contributed by atoms with E-state index in [9.17, 15) is 4.79 Å². The Kier molecular flexibility index (Phi) is 5.38. The average molecular weight is 366 g/mol. The van der Waals surface area contributed by atoms with Crippen molar-refractivity contribution in [3.05, 3.63) is 65.4 Å². The number of rotatable bonds is 5. The summed E-state index contributed by atoms with van der Waals surface area (Å²) < 4.78 is 5.44. The number of nitrogens with zero attached hydrogens (tertiary/aromatic N) is 1. The summed E-state index contributed by atoms with van der Waals surface area (Å²) in [6.07, 6.45) is 1.83. The Morgan fingerprint density at radius 2 is 1.77 bits per heavy atom. The molecule has 0 atom stereocenters. The molecule has 5 heteroatoms. The summed E-state index contributed by atoms with van der Waals surface area (Å²) in [6.45, 7) is 6.84. The van der Waals surface area contributed by atoms with E-state index in [4.69, 9.17) is 17.0 Å². The second-order valence-corrected chi connectivity index (χ2v) is 6.76. The normalized spacial score (nSPS) is 15.7. The maximum atomic E-state index is 12.8. The molecular weight excluding hydrogens is 344 g/mol. The molecule has 134 valence electrons. The molecule has 3 rings (SSSR count). The third kappa shape index (κ3) is 3.78. The van der Waals surface area contributed by atoms with Gasteiger partial charge in [0.25, 0.3) is 5.91 Å². The van der Waals surface area contributed by atoms with Crippen molar-refractivity contribution in [1.29, 1.82) is 0 Å². The number of amides is 1. The number of thiocarbonyl (C=S) groups is 1. The minimum atomic E-state index is -0.160. The van der Waals surface area contributed by atoms with Crippen molar-refractivity contribution >= 4 is 35.0 Å². The zero-order valence-corrected chi connectivity index (χ0v) is 16.0. The van der Waals surface area contributed by atoms with Gasteiger partial charge in [-0.2, -0.15) is 0 Å². The molecule has 26 heavy (non-hydrogen) atoms. The molecule has 0 spiro atoms. The number of nitrogens with one attached hydrogen (secondary N) is 1. The van der Waals surface area contributed by atoms with E-state index in [1.54, 1.807) is 0 Å². The summed E-state index contributed by atoms with van der Waals surface area (Å²) in [7, 11) is 0. The minimum Gasteiger partial charge on any atom is -0.494 e. The second-order valence-electron chi connectivity index (χ2n) is 6.38. The molecule has 1 heterocycles. The van der Waals surface area contributed by atoms with Gasteiger partial charge in [-0.1, -0.05) is 38.1 Å². The summed E-state index contributed by atoms with van der Waals surface area (Å²) in [4.78, 5) is 14.3. The van der Waals surface area contributed by atoms with Gasteiger partial charge in [-0.3, -0.25) is 9.69 Å². The van der Waals surface area contributed by atoms with Crippen molar-refractivity contribution in [2.75, 3.05) is 11.5 Å². The van der Waals surface area contributed by atoms with Crippen LogP contribution in [-0.2, 0) is 4.79 Å². The molecule has 1 N–H and O–H groups in total. The SMILES string of the molecule is CCOc1ccc(N2C(=O)C(=Cc3ccc(C(C)C)cc3)NC2=S)cc1. The lowest BCUT2D eigenvalue weighted by molar-refractivity contribution is -0.113. The number of anilines is 1. The molecule has 4 nitrogen and oxygen atoms in total. The second kappa shape index (κ2) is 7.70. The molecule has 0 unspecified atom stereocenters. The summed E-state index contributed by atoms with van der Waals surface area (Å²) >= 11 is 5.35. The first-order chi connectivity index (χ1) is 12.5. The van der Waals surface area contributed by atoms with E-state index < -0.39 is 0 Å². The predicted octanol–water partition coefficient (Wildman–Crippen LogP) is 4.47. The molecule has 1 amide bonds. The van der Waals surface area contributed by atoms with Crippen LogP contribution >= 0.6 is 12.2 Å². The van der Waals surface area contributed by atoms with E-state index in [1.807, 2.05) is 49.4 Å². The Bertz CT molecular complexity index is 839. The average Bonchev–Trinajstić information content (AvgIpc) is 2.90. The van der Waals surface area contributed by atoms with Crippen LogP contribution < -0.4 is 15.0 Å². The molecular formula is C21H22N2O2S. The topological polar surface area (TPSA) is 41.6 Å². The number of carbonyl (C=O) groups excluding carboxylic acids is 1. The van der Waals surface area contributed by atoms with Crippen LogP contribution in [0.1, 0.15) is 37.8 Å². The van der Waals surface area contributed by atoms with Gasteiger partial charge < -0.3 is 10.1 Å². The number of carbonyl (C=O) groups is 1. The van der Waals surface area contributed by atoms with Gasteiger partial charge in [0.05, 0.1) is 12.3 Å². The fourth-order valence-corrected chi connectivity index (χ4v) is 3.07. The largest absolute Gasteiger partial charge is 0.494 e. The molecule has 2 aromatic carbocycles. The molecule has 1 aliphatic heterocycles. The minimum absolute atomic E-state index is 0.160. The molecule has 0 aromatic heterocycles.